The van der Waals surface area contributed by atoms with Crippen molar-refractivity contribution in [3.63, 3.8) is 0 Å². The molecule has 0 aliphatic carbocycles. The predicted molar refractivity (Wildman–Crippen MR) is 110 cm³/mol. The molecule has 0 aliphatic heterocycles. The Morgan fingerprint density at radius 3 is 2.27 bits per heavy atom. The second-order valence-corrected chi connectivity index (χ2v) is 9.13. The molecule has 162 valence electrons. The molecule has 0 saturated heterocycles. The number of halogens is 3. The van der Waals surface area contributed by atoms with Crippen LogP contribution in [0.2, 0.25) is 0 Å². The molecule has 30 heavy (non-hydrogen) atoms. The van der Waals surface area contributed by atoms with Crippen molar-refractivity contribution in [2.24, 2.45) is 12.5 Å². The fourth-order valence-electron chi connectivity index (χ4n) is 3.41. The van der Waals surface area contributed by atoms with E-state index in [1.54, 1.807) is 30.7 Å². The number of imidazole rings is 1. The van der Waals surface area contributed by atoms with Crippen LogP contribution in [0.25, 0.3) is 22.4 Å². The minimum atomic E-state index is -4.81. The number of rotatable bonds is 3. The van der Waals surface area contributed by atoms with Crippen molar-refractivity contribution in [3.8, 4) is 11.3 Å². The predicted octanol–water partition coefficient (Wildman–Crippen LogP) is 4.53. The fourth-order valence-corrected chi connectivity index (χ4v) is 3.41. The Labute approximate surface area is 172 Å². The van der Waals surface area contributed by atoms with Gasteiger partial charge in [-0.05, 0) is 48.6 Å². The highest BCUT2D eigenvalue weighted by Gasteiger charge is 2.51. The van der Waals surface area contributed by atoms with E-state index in [1.165, 1.54) is 22.8 Å². The van der Waals surface area contributed by atoms with E-state index in [4.69, 9.17) is 0 Å². The number of hydrogen-bond acceptors (Lipinski definition) is 3. The number of aryl methyl sites for hydroxylation is 2. The van der Waals surface area contributed by atoms with E-state index < -0.39 is 11.8 Å². The molecule has 5 nitrogen and oxygen atoms in total. The van der Waals surface area contributed by atoms with Gasteiger partial charge in [0, 0.05) is 19.2 Å². The lowest BCUT2D eigenvalue weighted by atomic mass is 9.91. The third-order valence-electron chi connectivity index (χ3n) is 5.24. The summed E-state index contributed by atoms with van der Waals surface area (Å²) in [4.78, 5) is 17.3. The van der Waals surface area contributed by atoms with Crippen molar-refractivity contribution in [1.29, 1.82) is 0 Å². The van der Waals surface area contributed by atoms with Gasteiger partial charge in [-0.25, -0.2) is 9.78 Å². The summed E-state index contributed by atoms with van der Waals surface area (Å²) in [5.74, 6) is 0. The van der Waals surface area contributed by atoms with Gasteiger partial charge in [-0.2, -0.15) is 13.2 Å². The summed E-state index contributed by atoms with van der Waals surface area (Å²) in [5.41, 5.74) is -0.841. The van der Waals surface area contributed by atoms with E-state index >= 15 is 0 Å². The molecule has 8 heteroatoms. The lowest BCUT2D eigenvalue weighted by Gasteiger charge is -2.27. The molecular weight excluding hydrogens is 395 g/mol. The average molecular weight is 421 g/mol. The summed E-state index contributed by atoms with van der Waals surface area (Å²) in [6.45, 7) is 9.09. The van der Waals surface area contributed by atoms with Crippen LogP contribution in [0.5, 0.6) is 0 Å². The molecule has 1 N–H and O–H groups in total. The fraction of sp³-hybridized carbons (Fsp3) is 0.455. The number of nitrogens with zero attached hydrogens (tertiary/aromatic N) is 3. The van der Waals surface area contributed by atoms with E-state index in [0.29, 0.717) is 34.5 Å². The van der Waals surface area contributed by atoms with Crippen molar-refractivity contribution in [2.45, 2.75) is 52.9 Å². The molecule has 0 aliphatic rings. The monoisotopic (exact) mass is 421 g/mol. The van der Waals surface area contributed by atoms with Crippen LogP contribution in [-0.4, -0.2) is 25.4 Å². The zero-order valence-electron chi connectivity index (χ0n) is 17.9. The topological polar surface area (TPSA) is 60.1 Å². The van der Waals surface area contributed by atoms with E-state index in [0.717, 1.165) is 6.92 Å². The maximum Gasteiger partial charge on any atom is 0.421 e. The molecule has 1 aromatic carbocycles. The molecule has 1 unspecified atom stereocenters. The third kappa shape index (κ3) is 3.76. The van der Waals surface area contributed by atoms with Crippen LogP contribution < -0.4 is 5.69 Å². The quantitative estimate of drug-likeness (QED) is 0.676. The van der Waals surface area contributed by atoms with Gasteiger partial charge in [0.25, 0.3) is 0 Å². The van der Waals surface area contributed by atoms with Gasteiger partial charge < -0.3 is 5.11 Å². The third-order valence-corrected chi connectivity index (χ3v) is 5.24. The van der Waals surface area contributed by atoms with Crippen molar-refractivity contribution >= 4 is 11.2 Å². The van der Waals surface area contributed by atoms with Gasteiger partial charge >= 0.3 is 11.9 Å². The summed E-state index contributed by atoms with van der Waals surface area (Å²) < 4.78 is 43.0. The van der Waals surface area contributed by atoms with Gasteiger partial charge in [0.1, 0.15) is 0 Å². The Bertz CT molecular complexity index is 1170. The number of hydrogen-bond donors (Lipinski definition) is 1. The van der Waals surface area contributed by atoms with Crippen LogP contribution in [0.3, 0.4) is 0 Å². The first kappa shape index (κ1) is 22.1. The molecule has 0 fully saturated rings. The van der Waals surface area contributed by atoms with Crippen LogP contribution in [0.4, 0.5) is 13.2 Å². The van der Waals surface area contributed by atoms with Crippen LogP contribution in [0, 0.1) is 12.3 Å². The summed E-state index contributed by atoms with van der Waals surface area (Å²) in [6, 6.07) is 7.55. The molecule has 2 aromatic heterocycles. The van der Waals surface area contributed by atoms with Gasteiger partial charge in [-0.1, -0.05) is 32.9 Å². The number of aliphatic hydroxyl groups is 1. The Hall–Kier alpha value is -2.61. The molecule has 0 amide bonds. The second kappa shape index (κ2) is 6.97. The maximum absolute atomic E-state index is 13.3. The summed E-state index contributed by atoms with van der Waals surface area (Å²) in [7, 11) is 1.62. The molecule has 2 heterocycles. The van der Waals surface area contributed by atoms with Crippen LogP contribution >= 0.6 is 0 Å². The summed E-state index contributed by atoms with van der Waals surface area (Å²) in [6.07, 6.45) is -4.81. The van der Waals surface area contributed by atoms with Gasteiger partial charge in [0.2, 0.25) is 0 Å². The molecule has 1 atom stereocenters. The summed E-state index contributed by atoms with van der Waals surface area (Å²) in [5, 5.41) is 10.1. The van der Waals surface area contributed by atoms with E-state index in [2.05, 4.69) is 4.98 Å². The molecule has 0 bridgehead atoms. The number of aromatic nitrogens is 3. The van der Waals surface area contributed by atoms with Crippen LogP contribution in [0.15, 0.2) is 35.1 Å². The molecule has 0 saturated carbocycles. The van der Waals surface area contributed by atoms with Crippen molar-refractivity contribution in [1.82, 2.24) is 14.1 Å². The minimum absolute atomic E-state index is 0.120. The molecular formula is C22H26F3N3O2. The number of fused-ring (bicyclic) bond motifs is 1. The molecule has 3 rings (SSSR count). The lowest BCUT2D eigenvalue weighted by molar-refractivity contribution is -0.258. The normalized spacial score (nSPS) is 14.9. The van der Waals surface area contributed by atoms with Crippen molar-refractivity contribution in [3.05, 3.63) is 51.9 Å². The second-order valence-electron chi connectivity index (χ2n) is 9.13. The Balaban J connectivity index is 2.18. The lowest BCUT2D eigenvalue weighted by Crippen LogP contribution is -2.39. The largest absolute Gasteiger partial charge is 0.421 e. The minimum Gasteiger partial charge on any atom is -0.376 e. The van der Waals surface area contributed by atoms with E-state index in [1.807, 2.05) is 20.8 Å². The molecule has 3 aromatic rings. The van der Waals surface area contributed by atoms with Gasteiger partial charge in [0.05, 0.1) is 11.2 Å². The first-order chi connectivity index (χ1) is 13.6. The number of alkyl halides is 3. The zero-order valence-corrected chi connectivity index (χ0v) is 17.9. The van der Waals surface area contributed by atoms with Crippen molar-refractivity contribution in [2.75, 3.05) is 0 Å². The van der Waals surface area contributed by atoms with Crippen molar-refractivity contribution < 1.29 is 18.3 Å². The smallest absolute Gasteiger partial charge is 0.376 e. The number of pyridine rings is 1. The highest BCUT2D eigenvalue weighted by molar-refractivity contribution is 5.77. The first-order valence-electron chi connectivity index (χ1n) is 9.60. The van der Waals surface area contributed by atoms with Crippen LogP contribution in [-0.2, 0) is 19.2 Å². The average Bonchev–Trinajstić information content (AvgIpc) is 2.84. The summed E-state index contributed by atoms with van der Waals surface area (Å²) >= 11 is 0. The van der Waals surface area contributed by atoms with Crippen LogP contribution in [0.1, 0.15) is 38.8 Å². The SMILES string of the molecule is Cc1ccc(C(C)(O)C(F)(F)F)cc1-c1ccc2c(n1)n(C)c(=O)n2CC(C)(C)C. The molecule has 0 radical (unpaired) electrons. The highest BCUT2D eigenvalue weighted by atomic mass is 19.4. The zero-order chi connectivity index (χ0) is 22.6. The van der Waals surface area contributed by atoms with Gasteiger partial charge in [0.15, 0.2) is 11.2 Å². The Morgan fingerprint density at radius 2 is 1.70 bits per heavy atom. The maximum atomic E-state index is 13.3. The van der Waals surface area contributed by atoms with E-state index in [-0.39, 0.29) is 16.7 Å². The van der Waals surface area contributed by atoms with Gasteiger partial charge in [-0.15, -0.1) is 0 Å². The standard InChI is InChI=1S/C22H26F3N3O2/c1-13-7-8-14(21(5,30)22(23,24)25)11-15(13)16-9-10-17-18(26-16)27(6)19(29)28(17)12-20(2,3)4/h7-11,30H,12H2,1-6H3. The highest BCUT2D eigenvalue weighted by Crippen LogP contribution is 2.40. The molecule has 0 spiro atoms. The Morgan fingerprint density at radius 1 is 1.07 bits per heavy atom. The van der Waals surface area contributed by atoms with Gasteiger partial charge in [-0.3, -0.25) is 9.13 Å². The number of benzene rings is 1. The van der Waals surface area contributed by atoms with E-state index in [9.17, 15) is 23.1 Å². The first-order valence-corrected chi connectivity index (χ1v) is 9.60. The Kier molecular flexibility index (Phi) is 5.13.